The molecule has 21 heavy (non-hydrogen) atoms. The first-order valence-electron chi connectivity index (χ1n) is 6.86. The predicted octanol–water partition coefficient (Wildman–Crippen LogP) is 5.65. The van der Waals surface area contributed by atoms with E-state index in [1.54, 1.807) is 0 Å². The van der Waals surface area contributed by atoms with Gasteiger partial charge < -0.3 is 10.5 Å². The fourth-order valence-electron chi connectivity index (χ4n) is 1.94. The van der Waals surface area contributed by atoms with E-state index in [1.165, 1.54) is 17.7 Å². The Morgan fingerprint density at radius 1 is 1.19 bits per heavy atom. The van der Waals surface area contributed by atoms with Gasteiger partial charge in [-0.2, -0.15) is 0 Å². The molecule has 0 unspecified atom stereocenters. The van der Waals surface area contributed by atoms with Gasteiger partial charge in [0.1, 0.15) is 11.6 Å². The quantitative estimate of drug-likeness (QED) is 0.722. The second-order valence-electron chi connectivity index (χ2n) is 5.67. The van der Waals surface area contributed by atoms with E-state index in [1.807, 2.05) is 24.3 Å². The van der Waals surface area contributed by atoms with Crippen LogP contribution in [-0.2, 0) is 5.41 Å². The molecule has 0 spiro atoms. The molecule has 2 rings (SSSR count). The maximum Gasteiger partial charge on any atom is 0.151 e. The van der Waals surface area contributed by atoms with Gasteiger partial charge in [-0.25, -0.2) is 4.39 Å². The molecule has 112 valence electrons. The second kappa shape index (κ2) is 6.06. The van der Waals surface area contributed by atoms with E-state index in [-0.39, 0.29) is 11.1 Å². The van der Waals surface area contributed by atoms with Crippen LogP contribution in [0.1, 0.15) is 32.8 Å². The summed E-state index contributed by atoms with van der Waals surface area (Å²) < 4.78 is 19.4. The minimum absolute atomic E-state index is 0.135. The molecule has 0 heterocycles. The van der Waals surface area contributed by atoms with Crippen molar-refractivity contribution in [1.29, 1.82) is 0 Å². The molecule has 2 aromatic carbocycles. The molecule has 2 nitrogen and oxygen atoms in total. The summed E-state index contributed by atoms with van der Waals surface area (Å²) in [4.78, 5) is 0. The predicted molar refractivity (Wildman–Crippen MR) is 88.3 cm³/mol. The van der Waals surface area contributed by atoms with Crippen LogP contribution >= 0.6 is 15.9 Å². The third-order valence-corrected chi connectivity index (χ3v) is 4.41. The van der Waals surface area contributed by atoms with Gasteiger partial charge in [0.15, 0.2) is 5.75 Å². The molecule has 0 aliphatic heterocycles. The minimum Gasteiger partial charge on any atom is -0.455 e. The van der Waals surface area contributed by atoms with Crippen LogP contribution < -0.4 is 10.5 Å². The zero-order valence-electron chi connectivity index (χ0n) is 12.4. The number of hydrogen-bond donors (Lipinski definition) is 1. The van der Waals surface area contributed by atoms with Crippen molar-refractivity contribution in [3.8, 4) is 11.5 Å². The van der Waals surface area contributed by atoms with Gasteiger partial charge in [0.05, 0.1) is 10.2 Å². The third kappa shape index (κ3) is 3.56. The number of nitrogen functional groups attached to an aromatic ring is 1. The van der Waals surface area contributed by atoms with Crippen LogP contribution in [0.5, 0.6) is 11.5 Å². The SMILES string of the molecule is CCC(C)(C)c1ccc(Oc2cc(Br)c(F)cc2N)cc1. The van der Waals surface area contributed by atoms with E-state index in [0.717, 1.165) is 6.42 Å². The Balaban J connectivity index is 2.23. The number of halogens is 2. The van der Waals surface area contributed by atoms with Gasteiger partial charge in [-0.3, -0.25) is 0 Å². The molecule has 0 aliphatic carbocycles. The molecule has 0 amide bonds. The molecule has 0 bridgehead atoms. The molecule has 0 aromatic heterocycles. The van der Waals surface area contributed by atoms with Crippen molar-refractivity contribution < 1.29 is 9.13 Å². The van der Waals surface area contributed by atoms with Crippen LogP contribution in [0.4, 0.5) is 10.1 Å². The highest BCUT2D eigenvalue weighted by molar-refractivity contribution is 9.10. The molecule has 0 saturated carbocycles. The minimum atomic E-state index is -0.403. The van der Waals surface area contributed by atoms with Gasteiger partial charge in [-0.1, -0.05) is 32.9 Å². The Kier molecular flexibility index (Phi) is 4.57. The molecule has 0 radical (unpaired) electrons. The largest absolute Gasteiger partial charge is 0.455 e. The maximum atomic E-state index is 13.3. The molecular formula is C17H19BrFNO. The summed E-state index contributed by atoms with van der Waals surface area (Å²) >= 11 is 3.13. The highest BCUT2D eigenvalue weighted by Crippen LogP contribution is 2.33. The molecule has 0 aliphatic rings. The highest BCUT2D eigenvalue weighted by atomic mass is 79.9. The van der Waals surface area contributed by atoms with E-state index in [9.17, 15) is 4.39 Å². The van der Waals surface area contributed by atoms with Gasteiger partial charge in [-0.15, -0.1) is 0 Å². The molecule has 2 N–H and O–H groups in total. The summed E-state index contributed by atoms with van der Waals surface area (Å²) in [7, 11) is 0. The standard InChI is InChI=1S/C17H19BrFNO/c1-4-17(2,3)11-5-7-12(8-6-11)21-16-9-13(18)14(19)10-15(16)20/h5-10H,4,20H2,1-3H3. The van der Waals surface area contributed by atoms with Gasteiger partial charge in [0.25, 0.3) is 0 Å². The van der Waals surface area contributed by atoms with Crippen molar-refractivity contribution in [2.45, 2.75) is 32.6 Å². The topological polar surface area (TPSA) is 35.2 Å². The summed E-state index contributed by atoms with van der Waals surface area (Å²) in [5, 5.41) is 0. The summed E-state index contributed by atoms with van der Waals surface area (Å²) in [5.41, 5.74) is 7.44. The normalized spacial score (nSPS) is 11.5. The molecule has 4 heteroatoms. The van der Waals surface area contributed by atoms with E-state index in [4.69, 9.17) is 10.5 Å². The Morgan fingerprint density at radius 2 is 1.81 bits per heavy atom. The van der Waals surface area contributed by atoms with Crippen LogP contribution in [0, 0.1) is 5.82 Å². The number of nitrogens with two attached hydrogens (primary N) is 1. The Morgan fingerprint density at radius 3 is 2.38 bits per heavy atom. The van der Waals surface area contributed by atoms with Crippen LogP contribution in [0.2, 0.25) is 0 Å². The van der Waals surface area contributed by atoms with Crippen molar-refractivity contribution >= 4 is 21.6 Å². The van der Waals surface area contributed by atoms with Crippen molar-refractivity contribution in [2.24, 2.45) is 0 Å². The number of rotatable bonds is 4. The zero-order chi connectivity index (χ0) is 15.6. The zero-order valence-corrected chi connectivity index (χ0v) is 14.0. The number of anilines is 1. The van der Waals surface area contributed by atoms with E-state index in [2.05, 4.69) is 36.7 Å². The summed E-state index contributed by atoms with van der Waals surface area (Å²) in [6.45, 7) is 6.58. The summed E-state index contributed by atoms with van der Waals surface area (Å²) in [6.07, 6.45) is 1.06. The second-order valence-corrected chi connectivity index (χ2v) is 6.52. The number of ether oxygens (including phenoxy) is 1. The average Bonchev–Trinajstić information content (AvgIpc) is 2.45. The van der Waals surface area contributed by atoms with Crippen molar-refractivity contribution in [3.05, 3.63) is 52.3 Å². The molecule has 0 atom stereocenters. The van der Waals surface area contributed by atoms with Crippen molar-refractivity contribution in [3.63, 3.8) is 0 Å². The summed E-state index contributed by atoms with van der Waals surface area (Å²) in [6, 6.07) is 10.7. The third-order valence-electron chi connectivity index (χ3n) is 3.80. The highest BCUT2D eigenvalue weighted by Gasteiger charge is 2.17. The van der Waals surface area contributed by atoms with Crippen LogP contribution in [0.3, 0.4) is 0 Å². The lowest BCUT2D eigenvalue weighted by Crippen LogP contribution is -2.14. The lowest BCUT2D eigenvalue weighted by atomic mass is 9.82. The smallest absolute Gasteiger partial charge is 0.151 e. The lowest BCUT2D eigenvalue weighted by molar-refractivity contribution is 0.478. The molecule has 0 fully saturated rings. The Bertz CT molecular complexity index is 638. The average molecular weight is 352 g/mol. The molecule has 0 saturated heterocycles. The van der Waals surface area contributed by atoms with Gasteiger partial charge in [0, 0.05) is 12.1 Å². The number of benzene rings is 2. The first-order chi connectivity index (χ1) is 9.83. The van der Waals surface area contributed by atoms with Gasteiger partial charge in [0.2, 0.25) is 0 Å². The lowest BCUT2D eigenvalue weighted by Gasteiger charge is -2.23. The van der Waals surface area contributed by atoms with Crippen LogP contribution in [0.25, 0.3) is 0 Å². The van der Waals surface area contributed by atoms with E-state index < -0.39 is 5.82 Å². The first-order valence-corrected chi connectivity index (χ1v) is 7.65. The van der Waals surface area contributed by atoms with Crippen molar-refractivity contribution in [1.82, 2.24) is 0 Å². The van der Waals surface area contributed by atoms with E-state index >= 15 is 0 Å². The number of hydrogen-bond acceptors (Lipinski definition) is 2. The fourth-order valence-corrected chi connectivity index (χ4v) is 2.26. The van der Waals surface area contributed by atoms with Gasteiger partial charge in [-0.05, 0) is 45.5 Å². The fraction of sp³-hybridized carbons (Fsp3) is 0.294. The Labute approximate surface area is 133 Å². The summed E-state index contributed by atoms with van der Waals surface area (Å²) in [5.74, 6) is 0.710. The van der Waals surface area contributed by atoms with Crippen LogP contribution in [0.15, 0.2) is 40.9 Å². The van der Waals surface area contributed by atoms with E-state index in [0.29, 0.717) is 16.0 Å². The molecular weight excluding hydrogens is 333 g/mol. The van der Waals surface area contributed by atoms with Crippen molar-refractivity contribution in [2.75, 3.05) is 5.73 Å². The first kappa shape index (κ1) is 15.8. The monoisotopic (exact) mass is 351 g/mol. The molecule has 2 aromatic rings. The Hall–Kier alpha value is -1.55. The van der Waals surface area contributed by atoms with Gasteiger partial charge >= 0.3 is 0 Å². The van der Waals surface area contributed by atoms with Crippen LogP contribution in [-0.4, -0.2) is 0 Å². The maximum absolute atomic E-state index is 13.3.